The first-order valence-corrected chi connectivity index (χ1v) is 16.5. The van der Waals surface area contributed by atoms with Crippen molar-refractivity contribution in [3.8, 4) is 0 Å². The monoisotopic (exact) mass is 685 g/mol. The molecular weight excluding hydrogens is 638 g/mol. The van der Waals surface area contributed by atoms with E-state index in [2.05, 4.69) is 16.0 Å². The number of nitrogens with two attached hydrogens (primary N) is 2. The maximum Gasteiger partial charge on any atom is 0.408 e. The van der Waals surface area contributed by atoms with Gasteiger partial charge in [0.25, 0.3) is 0 Å². The number of nitrogens with one attached hydrogen (secondary N) is 3. The van der Waals surface area contributed by atoms with Crippen LogP contribution in [0.3, 0.4) is 0 Å². The van der Waals surface area contributed by atoms with Crippen LogP contribution in [0.4, 0.5) is 4.79 Å². The number of ketones is 1. The number of amides is 5. The highest BCUT2D eigenvalue weighted by atomic mass is 16.6. The predicted octanol–water partition coefficient (Wildman–Crippen LogP) is 2.90. The summed E-state index contributed by atoms with van der Waals surface area (Å²) >= 11 is 0. The van der Waals surface area contributed by atoms with Gasteiger partial charge in [0, 0.05) is 25.2 Å². The van der Waals surface area contributed by atoms with Crippen molar-refractivity contribution in [3.05, 3.63) is 108 Å². The van der Waals surface area contributed by atoms with Crippen LogP contribution in [0.1, 0.15) is 56.7 Å². The first-order chi connectivity index (χ1) is 23.7. The molecule has 0 saturated heterocycles. The third-order valence-corrected chi connectivity index (χ3v) is 7.76. The molecule has 7 N–H and O–H groups in total. The fourth-order valence-corrected chi connectivity index (χ4v) is 5.28. The highest BCUT2D eigenvalue weighted by Gasteiger charge is 2.32. The third-order valence-electron chi connectivity index (χ3n) is 7.76. The van der Waals surface area contributed by atoms with Crippen molar-refractivity contribution in [2.45, 2.75) is 83.0 Å². The fraction of sp³-hybridized carbons (Fsp3) is 0.368. The molecule has 266 valence electrons. The second-order valence-corrected chi connectivity index (χ2v) is 13.2. The Bertz CT molecular complexity index is 1590. The van der Waals surface area contributed by atoms with E-state index < -0.39 is 65.1 Å². The fourth-order valence-electron chi connectivity index (χ4n) is 5.28. The molecule has 0 radical (unpaired) electrons. The van der Waals surface area contributed by atoms with Gasteiger partial charge in [-0.1, -0.05) is 91.0 Å². The van der Waals surface area contributed by atoms with E-state index in [0.29, 0.717) is 0 Å². The zero-order valence-electron chi connectivity index (χ0n) is 28.7. The van der Waals surface area contributed by atoms with Crippen LogP contribution in [-0.2, 0) is 48.0 Å². The van der Waals surface area contributed by atoms with Crippen LogP contribution >= 0.6 is 0 Å². The Morgan fingerprint density at radius 2 is 1.08 bits per heavy atom. The lowest BCUT2D eigenvalue weighted by atomic mass is 9.89. The Balaban J connectivity index is 1.87. The number of primary amides is 2. The van der Waals surface area contributed by atoms with Gasteiger partial charge in [-0.2, -0.15) is 0 Å². The van der Waals surface area contributed by atoms with Crippen molar-refractivity contribution in [3.63, 3.8) is 0 Å². The molecule has 0 aromatic heterocycles. The zero-order valence-corrected chi connectivity index (χ0v) is 28.7. The van der Waals surface area contributed by atoms with Crippen molar-refractivity contribution in [2.24, 2.45) is 17.4 Å². The minimum absolute atomic E-state index is 0.108. The van der Waals surface area contributed by atoms with Crippen molar-refractivity contribution >= 4 is 35.5 Å². The number of alkyl carbamates (subject to hydrolysis) is 1. The number of Topliss-reactive ketones (excluding diaryl/α,β-unsaturated/α-hetero) is 1. The van der Waals surface area contributed by atoms with Crippen LogP contribution in [0.2, 0.25) is 0 Å². The van der Waals surface area contributed by atoms with Gasteiger partial charge < -0.3 is 32.2 Å². The number of hydrogen-bond acceptors (Lipinski definition) is 7. The normalized spacial score (nSPS) is 13.5. The topological polar surface area (TPSA) is 200 Å². The summed E-state index contributed by atoms with van der Waals surface area (Å²) in [5.74, 6) is -4.26. The summed E-state index contributed by atoms with van der Waals surface area (Å²) in [7, 11) is 0. The molecule has 0 bridgehead atoms. The number of carbonyl (C=O) groups excluding carboxylic acids is 6. The van der Waals surface area contributed by atoms with E-state index in [9.17, 15) is 28.8 Å². The van der Waals surface area contributed by atoms with Crippen molar-refractivity contribution in [1.29, 1.82) is 0 Å². The lowest BCUT2D eigenvalue weighted by Crippen LogP contribution is -2.55. The molecule has 0 saturated carbocycles. The first-order valence-electron chi connectivity index (χ1n) is 16.5. The Kier molecular flexibility index (Phi) is 14.7. The summed E-state index contributed by atoms with van der Waals surface area (Å²) in [6, 6.07) is 23.7. The van der Waals surface area contributed by atoms with Crippen molar-refractivity contribution in [2.75, 3.05) is 0 Å². The molecule has 3 aromatic carbocycles. The third kappa shape index (κ3) is 13.9. The van der Waals surface area contributed by atoms with Crippen LogP contribution < -0.4 is 27.4 Å². The van der Waals surface area contributed by atoms with Gasteiger partial charge in [-0.05, 0) is 56.7 Å². The van der Waals surface area contributed by atoms with E-state index in [1.54, 1.807) is 57.2 Å². The summed E-state index contributed by atoms with van der Waals surface area (Å²) in [4.78, 5) is 78.3. The predicted molar refractivity (Wildman–Crippen MR) is 188 cm³/mol. The Labute approximate surface area is 292 Å². The Morgan fingerprint density at radius 1 is 0.620 bits per heavy atom. The zero-order chi connectivity index (χ0) is 36.7. The molecule has 0 fully saturated rings. The van der Waals surface area contributed by atoms with Crippen LogP contribution in [0.5, 0.6) is 0 Å². The highest BCUT2D eigenvalue weighted by Crippen LogP contribution is 2.18. The molecule has 5 amide bonds. The molecule has 3 aromatic rings. The van der Waals surface area contributed by atoms with Gasteiger partial charge in [0.1, 0.15) is 17.7 Å². The Hall–Kier alpha value is -5.52. The number of ether oxygens (including phenoxy) is 1. The van der Waals surface area contributed by atoms with Gasteiger partial charge >= 0.3 is 6.09 Å². The Morgan fingerprint density at radius 3 is 1.54 bits per heavy atom. The quantitative estimate of drug-likeness (QED) is 0.136. The molecular formula is C38H47N5O7. The van der Waals surface area contributed by atoms with E-state index >= 15 is 0 Å². The van der Waals surface area contributed by atoms with Crippen LogP contribution in [0, 0.1) is 5.92 Å². The lowest BCUT2D eigenvalue weighted by Gasteiger charge is -2.26. The minimum Gasteiger partial charge on any atom is -0.444 e. The van der Waals surface area contributed by atoms with Gasteiger partial charge in [-0.25, -0.2) is 4.79 Å². The van der Waals surface area contributed by atoms with E-state index in [1.165, 1.54) is 0 Å². The molecule has 0 aliphatic heterocycles. The lowest BCUT2D eigenvalue weighted by molar-refractivity contribution is -0.134. The second kappa shape index (κ2) is 18.9. The minimum atomic E-state index is -1.28. The summed E-state index contributed by atoms with van der Waals surface area (Å²) in [6.45, 7) is 5.12. The number of carbonyl (C=O) groups is 6. The molecule has 12 heteroatoms. The standard InChI is InChI=1S/C38H47N5O7/c1-38(2,3)50-37(49)43-30(22-26-15-9-5-10-16-26)32(44)24-28(21-25-13-7-4-8-14-25)35(47)41-29(19-20-33(39)45)36(48)42-31(34(40)46)23-27-17-11-6-12-18-27/h4-18,28-31H,19-24H2,1-3H3,(H2,39,45)(H2,40,46)(H,41,47)(H,42,48)(H,43,49)/t28-,29+,30+,31+/m1/s1. The summed E-state index contributed by atoms with van der Waals surface area (Å²) in [6.07, 6.45) is -1.08. The van der Waals surface area contributed by atoms with E-state index in [-0.39, 0.29) is 38.5 Å². The van der Waals surface area contributed by atoms with E-state index in [1.807, 2.05) is 54.6 Å². The van der Waals surface area contributed by atoms with Gasteiger partial charge in [0.2, 0.25) is 23.6 Å². The first kappa shape index (κ1) is 38.9. The van der Waals surface area contributed by atoms with E-state index in [0.717, 1.165) is 16.7 Å². The molecule has 0 heterocycles. The summed E-state index contributed by atoms with van der Waals surface area (Å²) in [5, 5.41) is 7.96. The molecule has 0 aliphatic rings. The second-order valence-electron chi connectivity index (χ2n) is 13.2. The molecule has 0 spiro atoms. The van der Waals surface area contributed by atoms with Crippen molar-refractivity contribution in [1.82, 2.24) is 16.0 Å². The summed E-state index contributed by atoms with van der Waals surface area (Å²) < 4.78 is 5.42. The molecule has 0 unspecified atom stereocenters. The SMILES string of the molecule is CC(C)(C)OC(=O)N[C@@H](Cc1ccccc1)C(=O)C[C@@H](Cc1ccccc1)C(=O)N[C@@H](CCC(N)=O)C(=O)N[C@@H](Cc1ccccc1)C(N)=O. The molecule has 4 atom stereocenters. The number of benzene rings is 3. The molecule has 0 aliphatic carbocycles. The van der Waals surface area contributed by atoms with Gasteiger partial charge in [0.15, 0.2) is 5.78 Å². The average Bonchev–Trinajstić information content (AvgIpc) is 3.06. The summed E-state index contributed by atoms with van der Waals surface area (Å²) in [5.41, 5.74) is 12.5. The van der Waals surface area contributed by atoms with Gasteiger partial charge in [-0.3, -0.25) is 24.0 Å². The van der Waals surface area contributed by atoms with Gasteiger partial charge in [-0.15, -0.1) is 0 Å². The highest BCUT2D eigenvalue weighted by molar-refractivity contribution is 5.95. The number of hydrogen-bond donors (Lipinski definition) is 5. The maximum atomic E-state index is 14.0. The van der Waals surface area contributed by atoms with Crippen LogP contribution in [-0.4, -0.2) is 59.2 Å². The smallest absolute Gasteiger partial charge is 0.408 e. The van der Waals surface area contributed by atoms with Crippen molar-refractivity contribution < 1.29 is 33.5 Å². The molecule has 50 heavy (non-hydrogen) atoms. The maximum absolute atomic E-state index is 14.0. The van der Waals surface area contributed by atoms with Crippen LogP contribution in [0.25, 0.3) is 0 Å². The number of rotatable bonds is 18. The van der Waals surface area contributed by atoms with Gasteiger partial charge in [0.05, 0.1) is 6.04 Å². The largest absolute Gasteiger partial charge is 0.444 e. The van der Waals surface area contributed by atoms with E-state index in [4.69, 9.17) is 16.2 Å². The van der Waals surface area contributed by atoms with Crippen LogP contribution in [0.15, 0.2) is 91.0 Å². The molecule has 3 rings (SSSR count). The average molecular weight is 686 g/mol. The molecule has 12 nitrogen and oxygen atoms in total.